The van der Waals surface area contributed by atoms with Crippen LogP contribution in [0.15, 0.2) is 24.3 Å². The molecule has 1 atom stereocenters. The first kappa shape index (κ1) is 19.1. The molecule has 1 aromatic rings. The zero-order valence-electron chi connectivity index (χ0n) is 14.4. The summed E-state index contributed by atoms with van der Waals surface area (Å²) >= 11 is 0. The number of rotatable bonds is 10. The Morgan fingerprint density at radius 2 is 2.13 bits per heavy atom. The minimum Gasteiger partial charge on any atom is -0.504 e. The van der Waals surface area contributed by atoms with Crippen LogP contribution in [0.4, 0.5) is 0 Å². The van der Waals surface area contributed by atoms with Gasteiger partial charge in [0.15, 0.2) is 11.5 Å². The second kappa shape index (κ2) is 10.7. The van der Waals surface area contributed by atoms with E-state index < -0.39 is 0 Å². The molecule has 0 radical (unpaired) electrons. The van der Waals surface area contributed by atoms with E-state index in [0.29, 0.717) is 12.2 Å². The van der Waals surface area contributed by atoms with Crippen molar-refractivity contribution in [3.63, 3.8) is 0 Å². The SMILES string of the molecule is CCC(C)CCCCC(=O)OC/C=C/c1ccc(O)c(OC)c1. The number of carbonyl (C=O) groups is 1. The van der Waals surface area contributed by atoms with Crippen molar-refractivity contribution in [1.82, 2.24) is 0 Å². The highest BCUT2D eigenvalue weighted by Gasteiger charge is 2.04. The normalized spacial score (nSPS) is 12.3. The molecular weight excluding hydrogens is 292 g/mol. The molecule has 1 unspecified atom stereocenters. The molecule has 1 rings (SSSR count). The molecule has 0 aliphatic carbocycles. The maximum Gasteiger partial charge on any atom is 0.306 e. The Hall–Kier alpha value is -1.97. The molecule has 1 N–H and O–H groups in total. The molecule has 0 bridgehead atoms. The second-order valence-corrected chi connectivity index (χ2v) is 5.78. The number of phenols is 1. The van der Waals surface area contributed by atoms with Crippen LogP contribution in [-0.2, 0) is 9.53 Å². The molecule has 0 spiro atoms. The third kappa shape index (κ3) is 7.73. The number of benzene rings is 1. The van der Waals surface area contributed by atoms with Crippen LogP contribution in [0, 0.1) is 5.92 Å². The van der Waals surface area contributed by atoms with E-state index in [4.69, 9.17) is 9.47 Å². The summed E-state index contributed by atoms with van der Waals surface area (Å²) in [6.45, 7) is 4.68. The first-order valence-electron chi connectivity index (χ1n) is 8.26. The minimum absolute atomic E-state index is 0.105. The molecule has 4 nitrogen and oxygen atoms in total. The van der Waals surface area contributed by atoms with Crippen molar-refractivity contribution in [3.8, 4) is 11.5 Å². The second-order valence-electron chi connectivity index (χ2n) is 5.78. The fraction of sp³-hybridized carbons (Fsp3) is 0.526. The Kier molecular flexibility index (Phi) is 8.88. The quantitative estimate of drug-likeness (QED) is 0.507. The highest BCUT2D eigenvalue weighted by Crippen LogP contribution is 2.26. The van der Waals surface area contributed by atoms with Crippen LogP contribution in [0.1, 0.15) is 51.5 Å². The summed E-state index contributed by atoms with van der Waals surface area (Å²) < 4.78 is 10.2. The van der Waals surface area contributed by atoms with Gasteiger partial charge in [0.1, 0.15) is 6.61 Å². The van der Waals surface area contributed by atoms with Gasteiger partial charge in [0.25, 0.3) is 0 Å². The van der Waals surface area contributed by atoms with Crippen molar-refractivity contribution >= 4 is 12.0 Å². The predicted octanol–water partition coefficient (Wildman–Crippen LogP) is 4.56. The highest BCUT2D eigenvalue weighted by atomic mass is 16.5. The fourth-order valence-electron chi connectivity index (χ4n) is 2.16. The third-order valence-corrected chi connectivity index (χ3v) is 3.88. The van der Waals surface area contributed by atoms with Gasteiger partial charge in [-0.3, -0.25) is 4.79 Å². The summed E-state index contributed by atoms with van der Waals surface area (Å²) in [5.74, 6) is 1.11. The zero-order valence-corrected chi connectivity index (χ0v) is 14.4. The molecule has 0 aromatic heterocycles. The number of unbranched alkanes of at least 4 members (excludes halogenated alkanes) is 1. The molecule has 1 aromatic carbocycles. The lowest BCUT2D eigenvalue weighted by atomic mass is 10.0. The van der Waals surface area contributed by atoms with Crippen molar-refractivity contribution in [1.29, 1.82) is 0 Å². The maximum atomic E-state index is 11.6. The average molecular weight is 320 g/mol. The number of hydrogen-bond acceptors (Lipinski definition) is 4. The zero-order chi connectivity index (χ0) is 17.1. The lowest BCUT2D eigenvalue weighted by molar-refractivity contribution is -0.142. The van der Waals surface area contributed by atoms with Crippen molar-refractivity contribution in [3.05, 3.63) is 29.8 Å². The van der Waals surface area contributed by atoms with Crippen LogP contribution >= 0.6 is 0 Å². The van der Waals surface area contributed by atoms with Crippen LogP contribution in [0.2, 0.25) is 0 Å². The standard InChI is InChI=1S/C19H28O4/c1-4-15(2)8-5-6-10-19(21)23-13-7-9-16-11-12-17(20)18(14-16)22-3/h7,9,11-12,14-15,20H,4-6,8,10,13H2,1-3H3/b9-7+. The largest absolute Gasteiger partial charge is 0.504 e. The number of methoxy groups -OCH3 is 1. The van der Waals surface area contributed by atoms with Crippen molar-refractivity contribution in [2.45, 2.75) is 46.0 Å². The van der Waals surface area contributed by atoms with Gasteiger partial charge >= 0.3 is 5.97 Å². The molecule has 23 heavy (non-hydrogen) atoms. The number of aromatic hydroxyl groups is 1. The molecule has 0 aliphatic heterocycles. The lowest BCUT2D eigenvalue weighted by Crippen LogP contribution is -2.04. The van der Waals surface area contributed by atoms with Gasteiger partial charge in [0.2, 0.25) is 0 Å². The summed E-state index contributed by atoms with van der Waals surface area (Å²) in [6.07, 6.45) is 8.43. The summed E-state index contributed by atoms with van der Waals surface area (Å²) in [5.41, 5.74) is 0.879. The molecule has 4 heteroatoms. The Morgan fingerprint density at radius 3 is 2.83 bits per heavy atom. The van der Waals surface area contributed by atoms with Crippen LogP contribution in [-0.4, -0.2) is 24.8 Å². The number of esters is 1. The smallest absolute Gasteiger partial charge is 0.306 e. The Morgan fingerprint density at radius 1 is 1.35 bits per heavy atom. The van der Waals surface area contributed by atoms with E-state index in [-0.39, 0.29) is 18.3 Å². The molecule has 0 aliphatic rings. The molecular formula is C19H28O4. The summed E-state index contributed by atoms with van der Waals surface area (Å²) in [4.78, 5) is 11.6. The van der Waals surface area contributed by atoms with Crippen molar-refractivity contribution < 1.29 is 19.4 Å². The Bertz CT molecular complexity index is 508. The van der Waals surface area contributed by atoms with Gasteiger partial charge in [-0.25, -0.2) is 0 Å². The molecule has 0 fully saturated rings. The van der Waals surface area contributed by atoms with Gasteiger partial charge in [-0.15, -0.1) is 0 Å². The third-order valence-electron chi connectivity index (χ3n) is 3.88. The predicted molar refractivity (Wildman–Crippen MR) is 92.6 cm³/mol. The first-order chi connectivity index (χ1) is 11.1. The average Bonchev–Trinajstić information content (AvgIpc) is 2.56. The molecule has 0 amide bonds. The monoisotopic (exact) mass is 320 g/mol. The van der Waals surface area contributed by atoms with Gasteiger partial charge in [-0.05, 0) is 36.1 Å². The Balaban J connectivity index is 2.24. The van der Waals surface area contributed by atoms with Gasteiger partial charge in [0.05, 0.1) is 7.11 Å². The van der Waals surface area contributed by atoms with Crippen LogP contribution in [0.25, 0.3) is 6.08 Å². The van der Waals surface area contributed by atoms with Gasteiger partial charge in [0, 0.05) is 6.42 Å². The number of hydrogen-bond donors (Lipinski definition) is 1. The molecule has 0 saturated heterocycles. The first-order valence-corrected chi connectivity index (χ1v) is 8.26. The number of ether oxygens (including phenoxy) is 2. The molecule has 0 heterocycles. The van der Waals surface area contributed by atoms with E-state index in [9.17, 15) is 9.90 Å². The van der Waals surface area contributed by atoms with Crippen LogP contribution < -0.4 is 4.74 Å². The van der Waals surface area contributed by atoms with E-state index >= 15 is 0 Å². The van der Waals surface area contributed by atoms with Gasteiger partial charge in [-0.2, -0.15) is 0 Å². The van der Waals surface area contributed by atoms with E-state index in [1.54, 1.807) is 24.3 Å². The van der Waals surface area contributed by atoms with E-state index in [1.165, 1.54) is 20.0 Å². The topological polar surface area (TPSA) is 55.8 Å². The minimum atomic E-state index is -0.151. The van der Waals surface area contributed by atoms with Crippen molar-refractivity contribution in [2.24, 2.45) is 5.92 Å². The van der Waals surface area contributed by atoms with E-state index in [0.717, 1.165) is 24.3 Å². The van der Waals surface area contributed by atoms with Gasteiger partial charge < -0.3 is 14.6 Å². The Labute approximate surface area is 139 Å². The number of carbonyl (C=O) groups excluding carboxylic acids is 1. The summed E-state index contributed by atoms with van der Waals surface area (Å²) in [6, 6.07) is 5.06. The summed E-state index contributed by atoms with van der Waals surface area (Å²) in [7, 11) is 1.51. The van der Waals surface area contributed by atoms with E-state index in [2.05, 4.69) is 13.8 Å². The lowest BCUT2D eigenvalue weighted by Gasteiger charge is -2.07. The number of phenolic OH excluding ortho intramolecular Hbond substituents is 1. The maximum absolute atomic E-state index is 11.6. The molecule has 0 saturated carbocycles. The van der Waals surface area contributed by atoms with Crippen LogP contribution in [0.5, 0.6) is 11.5 Å². The molecule has 128 valence electrons. The van der Waals surface area contributed by atoms with Crippen LogP contribution in [0.3, 0.4) is 0 Å². The fourth-order valence-corrected chi connectivity index (χ4v) is 2.16. The van der Waals surface area contributed by atoms with Crippen molar-refractivity contribution in [2.75, 3.05) is 13.7 Å². The van der Waals surface area contributed by atoms with E-state index in [1.807, 2.05) is 6.08 Å². The summed E-state index contributed by atoms with van der Waals surface area (Å²) in [5, 5.41) is 9.51. The van der Waals surface area contributed by atoms with Gasteiger partial charge in [-0.1, -0.05) is 45.3 Å². The highest BCUT2D eigenvalue weighted by molar-refractivity contribution is 5.69.